The van der Waals surface area contributed by atoms with Gasteiger partial charge in [-0.3, -0.25) is 0 Å². The molecule has 1 aromatic heterocycles. The molecule has 0 radical (unpaired) electrons. The van der Waals surface area contributed by atoms with Crippen LogP contribution in [0.3, 0.4) is 0 Å². The molecule has 104 valence electrons. The van der Waals surface area contributed by atoms with Crippen molar-refractivity contribution in [3.8, 4) is 0 Å². The van der Waals surface area contributed by atoms with E-state index in [-0.39, 0.29) is 5.41 Å². The summed E-state index contributed by atoms with van der Waals surface area (Å²) in [4.78, 5) is 5.40. The monoisotopic (exact) mass is 271 g/mol. The van der Waals surface area contributed by atoms with Crippen molar-refractivity contribution in [2.45, 2.75) is 32.7 Å². The van der Waals surface area contributed by atoms with Crippen LogP contribution in [0.1, 0.15) is 26.5 Å². The Bertz CT molecular complexity index is 417. The quantitative estimate of drug-likeness (QED) is 0.807. The maximum absolute atomic E-state index is 5.35. The Morgan fingerprint density at radius 3 is 2.61 bits per heavy atom. The summed E-state index contributed by atoms with van der Waals surface area (Å²) in [5, 5.41) is 0. The van der Waals surface area contributed by atoms with Gasteiger partial charge >= 0.3 is 0 Å². The van der Waals surface area contributed by atoms with Gasteiger partial charge in [-0.25, -0.2) is 0 Å². The van der Waals surface area contributed by atoms with Crippen molar-refractivity contribution in [1.29, 1.82) is 0 Å². The molecule has 0 aliphatic heterocycles. The van der Waals surface area contributed by atoms with Crippen molar-refractivity contribution < 1.29 is 4.74 Å². The summed E-state index contributed by atoms with van der Waals surface area (Å²) >= 11 is 5.35. The number of nitrogens with one attached hydrogen (secondary N) is 1. The Balaban J connectivity index is 2.67. The molecule has 0 unspecified atom stereocenters. The van der Waals surface area contributed by atoms with Crippen LogP contribution in [0.4, 0.5) is 0 Å². The molecule has 1 heterocycles. The molecule has 0 bridgehead atoms. The maximum atomic E-state index is 5.35. The summed E-state index contributed by atoms with van der Waals surface area (Å²) in [6.45, 7) is 10.2. The third-order valence-electron chi connectivity index (χ3n) is 3.02. The van der Waals surface area contributed by atoms with Gasteiger partial charge in [0.05, 0.1) is 6.61 Å². The van der Waals surface area contributed by atoms with Gasteiger partial charge in [0.2, 0.25) is 0 Å². The zero-order valence-electron chi connectivity index (χ0n) is 12.1. The fourth-order valence-corrected chi connectivity index (χ4v) is 2.12. The lowest BCUT2D eigenvalue weighted by atomic mass is 9.92. The third-order valence-corrected chi connectivity index (χ3v) is 3.36. The summed E-state index contributed by atoms with van der Waals surface area (Å²) in [6.07, 6.45) is 2.03. The molecule has 0 atom stereocenters. The van der Waals surface area contributed by atoms with E-state index < -0.39 is 0 Å². The average Bonchev–Trinajstić information content (AvgIpc) is 2.65. The summed E-state index contributed by atoms with van der Waals surface area (Å²) < 4.78 is 8.07. The Morgan fingerprint density at radius 1 is 1.39 bits per heavy atom. The molecule has 0 aromatic carbocycles. The van der Waals surface area contributed by atoms with E-state index in [1.54, 1.807) is 7.11 Å². The van der Waals surface area contributed by atoms with Crippen molar-refractivity contribution in [3.05, 3.63) is 16.7 Å². The highest BCUT2D eigenvalue weighted by Gasteiger charge is 2.19. The number of methoxy groups -OCH3 is 1. The molecule has 1 N–H and O–H groups in total. The first kappa shape index (κ1) is 15.4. The van der Waals surface area contributed by atoms with Gasteiger partial charge in [-0.15, -0.1) is 0 Å². The van der Waals surface area contributed by atoms with Crippen LogP contribution in [0.15, 0.2) is 6.20 Å². The largest absolute Gasteiger partial charge is 0.383 e. The number of H-pyrrole nitrogens is 1. The van der Waals surface area contributed by atoms with Crippen LogP contribution >= 0.6 is 12.2 Å². The van der Waals surface area contributed by atoms with Crippen molar-refractivity contribution in [1.82, 2.24) is 14.5 Å². The second-order valence-electron chi connectivity index (χ2n) is 5.68. The Kier molecular flexibility index (Phi) is 5.56. The smallest absolute Gasteiger partial charge is 0.177 e. The van der Waals surface area contributed by atoms with Gasteiger partial charge in [0.1, 0.15) is 0 Å². The first-order valence-electron chi connectivity index (χ1n) is 6.32. The number of ether oxygens (including phenoxy) is 1. The number of aromatic amines is 1. The highest BCUT2D eigenvalue weighted by Crippen LogP contribution is 2.22. The Morgan fingerprint density at radius 2 is 2.06 bits per heavy atom. The van der Waals surface area contributed by atoms with Crippen molar-refractivity contribution in [3.63, 3.8) is 0 Å². The molecule has 0 saturated carbocycles. The highest BCUT2D eigenvalue weighted by atomic mass is 32.1. The van der Waals surface area contributed by atoms with E-state index in [0.717, 1.165) is 31.0 Å². The molecule has 0 aliphatic rings. The van der Waals surface area contributed by atoms with E-state index in [1.165, 1.54) is 5.69 Å². The number of hydrogen-bond acceptors (Lipinski definition) is 3. The van der Waals surface area contributed by atoms with E-state index in [2.05, 4.69) is 42.3 Å². The molecule has 0 spiro atoms. The van der Waals surface area contributed by atoms with E-state index in [0.29, 0.717) is 0 Å². The number of nitrogens with zero attached hydrogens (tertiary/aromatic N) is 2. The number of hydrogen-bond donors (Lipinski definition) is 1. The van der Waals surface area contributed by atoms with E-state index >= 15 is 0 Å². The second kappa shape index (κ2) is 6.50. The minimum Gasteiger partial charge on any atom is -0.383 e. The Hall–Kier alpha value is -0.650. The van der Waals surface area contributed by atoms with Crippen LogP contribution in [0, 0.1) is 4.77 Å². The third kappa shape index (κ3) is 4.23. The minimum absolute atomic E-state index is 0.110. The second-order valence-corrected chi connectivity index (χ2v) is 6.06. The topological polar surface area (TPSA) is 33.2 Å². The normalized spacial score (nSPS) is 12.3. The first-order chi connectivity index (χ1) is 8.36. The van der Waals surface area contributed by atoms with E-state index in [4.69, 9.17) is 17.0 Å². The van der Waals surface area contributed by atoms with Crippen LogP contribution in [0.5, 0.6) is 0 Å². The summed E-state index contributed by atoms with van der Waals surface area (Å²) in [7, 11) is 3.83. The summed E-state index contributed by atoms with van der Waals surface area (Å²) in [5.74, 6) is 0. The molecule has 0 aliphatic carbocycles. The summed E-state index contributed by atoms with van der Waals surface area (Å²) in [6, 6.07) is 0. The fraction of sp³-hybridized carbons (Fsp3) is 0.769. The number of rotatable bonds is 6. The molecule has 4 nitrogen and oxygen atoms in total. The molecule has 1 rings (SSSR count). The van der Waals surface area contributed by atoms with E-state index in [9.17, 15) is 0 Å². The predicted molar refractivity (Wildman–Crippen MR) is 77.7 cm³/mol. The maximum Gasteiger partial charge on any atom is 0.177 e. The molecule has 0 saturated heterocycles. The lowest BCUT2D eigenvalue weighted by Crippen LogP contribution is -2.28. The van der Waals surface area contributed by atoms with Gasteiger partial charge in [0, 0.05) is 44.0 Å². The van der Waals surface area contributed by atoms with Gasteiger partial charge in [-0.1, -0.05) is 20.8 Å². The van der Waals surface area contributed by atoms with Gasteiger partial charge in [0.25, 0.3) is 0 Å². The van der Waals surface area contributed by atoms with Crippen LogP contribution < -0.4 is 0 Å². The number of aromatic nitrogens is 2. The molecular weight excluding hydrogens is 246 g/mol. The molecule has 0 fully saturated rings. The molecular formula is C13H25N3OS. The number of likely N-dealkylation sites (N-methyl/N-ethyl adjacent to an activating group) is 1. The lowest BCUT2D eigenvalue weighted by molar-refractivity contribution is 0.159. The predicted octanol–water partition coefficient (Wildman–Crippen LogP) is 2.42. The molecule has 0 amide bonds. The van der Waals surface area contributed by atoms with Crippen LogP contribution in [-0.2, 0) is 16.7 Å². The summed E-state index contributed by atoms with van der Waals surface area (Å²) in [5.41, 5.74) is 1.37. The van der Waals surface area contributed by atoms with Gasteiger partial charge < -0.3 is 19.2 Å². The SMILES string of the molecule is COCCN(C)CCn1c(C(C)(C)C)c[nH]c1=S. The van der Waals surface area contributed by atoms with Gasteiger partial charge in [-0.05, 0) is 19.3 Å². The minimum atomic E-state index is 0.110. The van der Waals surface area contributed by atoms with Crippen molar-refractivity contribution >= 4 is 12.2 Å². The van der Waals surface area contributed by atoms with Crippen LogP contribution in [-0.4, -0.2) is 48.3 Å². The van der Waals surface area contributed by atoms with Gasteiger partial charge in [-0.2, -0.15) is 0 Å². The van der Waals surface area contributed by atoms with Crippen LogP contribution in [0.2, 0.25) is 0 Å². The van der Waals surface area contributed by atoms with Crippen molar-refractivity contribution in [2.75, 3.05) is 33.9 Å². The average molecular weight is 271 g/mol. The molecule has 1 aromatic rings. The highest BCUT2D eigenvalue weighted by molar-refractivity contribution is 7.71. The Labute approximate surface area is 115 Å². The first-order valence-corrected chi connectivity index (χ1v) is 6.73. The zero-order valence-corrected chi connectivity index (χ0v) is 12.9. The number of imidazole rings is 1. The standard InChI is InChI=1S/C13H25N3OS/c1-13(2,3)11-10-14-12(18)16(11)7-6-15(4)8-9-17-5/h10H,6-9H2,1-5H3,(H,14,18). The van der Waals surface area contributed by atoms with Gasteiger partial charge in [0.15, 0.2) is 4.77 Å². The van der Waals surface area contributed by atoms with Crippen molar-refractivity contribution in [2.24, 2.45) is 0 Å². The fourth-order valence-electron chi connectivity index (χ4n) is 1.87. The van der Waals surface area contributed by atoms with Crippen LogP contribution in [0.25, 0.3) is 0 Å². The zero-order chi connectivity index (χ0) is 13.8. The van der Waals surface area contributed by atoms with E-state index in [1.807, 2.05) is 6.20 Å². The molecule has 5 heteroatoms. The lowest BCUT2D eigenvalue weighted by Gasteiger charge is -2.22. The molecule has 18 heavy (non-hydrogen) atoms.